The monoisotopic (exact) mass is 218 g/mol. The standard InChI is InChI=1S/C14H18O2/c1-10(9-14(15)16)12-7-2-3-8-13(12)11-5-4-6-11/h2-3,7-8,10-11H,4-6,9H2,1H3,(H,15,16). The Morgan fingerprint density at radius 3 is 2.69 bits per heavy atom. The van der Waals surface area contributed by atoms with Crippen molar-refractivity contribution >= 4 is 5.97 Å². The maximum Gasteiger partial charge on any atom is 0.303 e. The number of hydrogen-bond donors (Lipinski definition) is 1. The van der Waals surface area contributed by atoms with E-state index in [4.69, 9.17) is 5.11 Å². The third-order valence-electron chi connectivity index (χ3n) is 3.55. The van der Waals surface area contributed by atoms with Crippen molar-refractivity contribution in [3.8, 4) is 0 Å². The molecule has 1 aromatic carbocycles. The van der Waals surface area contributed by atoms with Gasteiger partial charge in [0.2, 0.25) is 0 Å². The van der Waals surface area contributed by atoms with Gasteiger partial charge in [0, 0.05) is 0 Å². The van der Waals surface area contributed by atoms with E-state index in [0.29, 0.717) is 5.92 Å². The van der Waals surface area contributed by atoms with Gasteiger partial charge in [-0.1, -0.05) is 37.6 Å². The molecule has 0 radical (unpaired) electrons. The van der Waals surface area contributed by atoms with Crippen LogP contribution < -0.4 is 0 Å². The van der Waals surface area contributed by atoms with Gasteiger partial charge < -0.3 is 5.11 Å². The Balaban J connectivity index is 2.21. The van der Waals surface area contributed by atoms with Crippen molar-refractivity contribution in [2.45, 2.75) is 44.4 Å². The van der Waals surface area contributed by atoms with E-state index in [0.717, 1.165) is 0 Å². The lowest BCUT2D eigenvalue weighted by molar-refractivity contribution is -0.137. The average molecular weight is 218 g/mol. The molecule has 1 aromatic rings. The van der Waals surface area contributed by atoms with Crippen LogP contribution in [0.2, 0.25) is 0 Å². The quantitative estimate of drug-likeness (QED) is 0.839. The highest BCUT2D eigenvalue weighted by Crippen LogP contribution is 2.40. The van der Waals surface area contributed by atoms with Gasteiger partial charge in [0.05, 0.1) is 6.42 Å². The number of rotatable bonds is 4. The minimum atomic E-state index is -0.712. The van der Waals surface area contributed by atoms with Crippen LogP contribution in [0.3, 0.4) is 0 Å². The van der Waals surface area contributed by atoms with Crippen molar-refractivity contribution in [2.24, 2.45) is 0 Å². The van der Waals surface area contributed by atoms with E-state index in [9.17, 15) is 4.79 Å². The Bertz CT molecular complexity index is 380. The van der Waals surface area contributed by atoms with Crippen LogP contribution >= 0.6 is 0 Å². The smallest absolute Gasteiger partial charge is 0.303 e. The van der Waals surface area contributed by atoms with Crippen LogP contribution in [0.4, 0.5) is 0 Å². The first-order chi connectivity index (χ1) is 7.68. The third-order valence-corrected chi connectivity index (χ3v) is 3.55. The number of hydrogen-bond acceptors (Lipinski definition) is 1. The van der Waals surface area contributed by atoms with Crippen LogP contribution in [-0.4, -0.2) is 11.1 Å². The molecule has 86 valence electrons. The van der Waals surface area contributed by atoms with E-state index >= 15 is 0 Å². The number of carboxylic acid groups (broad SMARTS) is 1. The Morgan fingerprint density at radius 1 is 1.44 bits per heavy atom. The van der Waals surface area contributed by atoms with Crippen molar-refractivity contribution in [1.82, 2.24) is 0 Å². The van der Waals surface area contributed by atoms with E-state index in [2.05, 4.69) is 18.2 Å². The summed E-state index contributed by atoms with van der Waals surface area (Å²) in [7, 11) is 0. The fourth-order valence-corrected chi connectivity index (χ4v) is 2.42. The number of carboxylic acids is 1. The molecule has 0 aliphatic heterocycles. The number of carbonyl (C=O) groups is 1. The first-order valence-corrected chi connectivity index (χ1v) is 5.99. The lowest BCUT2D eigenvalue weighted by atomic mass is 9.76. The summed E-state index contributed by atoms with van der Waals surface area (Å²) in [6.07, 6.45) is 4.06. The van der Waals surface area contributed by atoms with Gasteiger partial charge in [-0.15, -0.1) is 0 Å². The molecule has 0 saturated heterocycles. The van der Waals surface area contributed by atoms with Gasteiger partial charge in [0.25, 0.3) is 0 Å². The molecule has 0 bridgehead atoms. The lowest BCUT2D eigenvalue weighted by Gasteiger charge is -2.29. The summed E-state index contributed by atoms with van der Waals surface area (Å²) in [5.41, 5.74) is 2.61. The molecule has 0 aromatic heterocycles. The summed E-state index contributed by atoms with van der Waals surface area (Å²) in [6.45, 7) is 2.01. The normalized spacial score (nSPS) is 17.8. The van der Waals surface area contributed by atoms with Gasteiger partial charge in [-0.2, -0.15) is 0 Å². The molecule has 2 nitrogen and oxygen atoms in total. The second kappa shape index (κ2) is 4.69. The summed E-state index contributed by atoms with van der Waals surface area (Å²) < 4.78 is 0. The van der Waals surface area contributed by atoms with Crippen LogP contribution in [-0.2, 0) is 4.79 Å². The fourth-order valence-electron chi connectivity index (χ4n) is 2.42. The first-order valence-electron chi connectivity index (χ1n) is 5.99. The molecular formula is C14H18O2. The van der Waals surface area contributed by atoms with Crippen molar-refractivity contribution in [2.75, 3.05) is 0 Å². The molecular weight excluding hydrogens is 200 g/mol. The maximum atomic E-state index is 10.7. The van der Waals surface area contributed by atoms with E-state index in [1.165, 1.54) is 30.4 Å². The highest BCUT2D eigenvalue weighted by Gasteiger charge is 2.24. The molecule has 1 atom stereocenters. The predicted molar refractivity (Wildman–Crippen MR) is 63.7 cm³/mol. The topological polar surface area (TPSA) is 37.3 Å². The van der Waals surface area contributed by atoms with Gasteiger partial charge in [0.15, 0.2) is 0 Å². The Kier molecular flexibility index (Phi) is 3.28. The van der Waals surface area contributed by atoms with Crippen molar-refractivity contribution < 1.29 is 9.90 Å². The summed E-state index contributed by atoms with van der Waals surface area (Å²) in [4.78, 5) is 10.7. The molecule has 16 heavy (non-hydrogen) atoms. The molecule has 0 heterocycles. The second-order valence-electron chi connectivity index (χ2n) is 4.76. The highest BCUT2D eigenvalue weighted by atomic mass is 16.4. The molecule has 1 aliphatic rings. The molecule has 2 heteroatoms. The SMILES string of the molecule is CC(CC(=O)O)c1ccccc1C1CCC1. The molecule has 1 saturated carbocycles. The fraction of sp³-hybridized carbons (Fsp3) is 0.500. The minimum Gasteiger partial charge on any atom is -0.481 e. The van der Waals surface area contributed by atoms with Crippen molar-refractivity contribution in [3.05, 3.63) is 35.4 Å². The maximum absolute atomic E-state index is 10.7. The Morgan fingerprint density at radius 2 is 2.12 bits per heavy atom. The summed E-state index contributed by atoms with van der Waals surface area (Å²) in [5, 5.41) is 8.85. The summed E-state index contributed by atoms with van der Waals surface area (Å²) in [5.74, 6) is 0.0812. The molecule has 2 rings (SSSR count). The van der Waals surface area contributed by atoms with E-state index in [1.54, 1.807) is 0 Å². The number of aliphatic carboxylic acids is 1. The van der Waals surface area contributed by atoms with Gasteiger partial charge >= 0.3 is 5.97 Å². The Hall–Kier alpha value is -1.31. The highest BCUT2D eigenvalue weighted by molar-refractivity contribution is 5.68. The number of benzene rings is 1. The Labute approximate surface area is 96.3 Å². The van der Waals surface area contributed by atoms with Crippen LogP contribution in [0.15, 0.2) is 24.3 Å². The van der Waals surface area contributed by atoms with Crippen LogP contribution in [0.1, 0.15) is 55.6 Å². The molecule has 1 N–H and O–H groups in total. The van der Waals surface area contributed by atoms with Gasteiger partial charge in [0.1, 0.15) is 0 Å². The zero-order chi connectivity index (χ0) is 11.5. The zero-order valence-corrected chi connectivity index (χ0v) is 9.65. The molecule has 1 fully saturated rings. The van der Waals surface area contributed by atoms with Crippen molar-refractivity contribution in [3.63, 3.8) is 0 Å². The zero-order valence-electron chi connectivity index (χ0n) is 9.65. The largest absolute Gasteiger partial charge is 0.481 e. The van der Waals surface area contributed by atoms with Gasteiger partial charge in [-0.05, 0) is 35.8 Å². The molecule has 1 unspecified atom stereocenters. The van der Waals surface area contributed by atoms with E-state index in [-0.39, 0.29) is 12.3 Å². The van der Waals surface area contributed by atoms with Crippen LogP contribution in [0.25, 0.3) is 0 Å². The summed E-state index contributed by atoms with van der Waals surface area (Å²) in [6, 6.07) is 8.32. The average Bonchev–Trinajstić information content (AvgIpc) is 2.14. The summed E-state index contributed by atoms with van der Waals surface area (Å²) >= 11 is 0. The molecule has 0 amide bonds. The lowest BCUT2D eigenvalue weighted by Crippen LogP contribution is -2.13. The first kappa shape index (κ1) is 11.2. The van der Waals surface area contributed by atoms with Gasteiger partial charge in [-0.3, -0.25) is 4.79 Å². The van der Waals surface area contributed by atoms with E-state index in [1.807, 2.05) is 13.0 Å². The van der Waals surface area contributed by atoms with E-state index < -0.39 is 5.97 Å². The van der Waals surface area contributed by atoms with Gasteiger partial charge in [-0.25, -0.2) is 0 Å². The van der Waals surface area contributed by atoms with Crippen molar-refractivity contribution in [1.29, 1.82) is 0 Å². The molecule has 1 aliphatic carbocycles. The third kappa shape index (κ3) is 2.26. The predicted octanol–water partition coefficient (Wildman–Crippen LogP) is 3.53. The van der Waals surface area contributed by atoms with Crippen LogP contribution in [0.5, 0.6) is 0 Å². The second-order valence-corrected chi connectivity index (χ2v) is 4.76. The van der Waals surface area contributed by atoms with Crippen LogP contribution in [0, 0.1) is 0 Å². The minimum absolute atomic E-state index is 0.120. The molecule has 0 spiro atoms.